The number of likely N-dealkylation sites (tertiary alicyclic amines) is 1. The Bertz CT molecular complexity index is 917. The molecule has 4 rings (SSSR count). The largest absolute Gasteiger partial charge is 0.487 e. The molecular formula is C20H23FN2O3S. The molecule has 0 spiro atoms. The number of hydrogen-bond acceptors (Lipinski definition) is 4. The lowest BCUT2D eigenvalue weighted by Crippen LogP contribution is -2.44. The average molecular weight is 390 g/mol. The quantitative estimate of drug-likeness (QED) is 0.791. The normalized spacial score (nSPS) is 25.6. The van der Waals surface area contributed by atoms with Gasteiger partial charge < -0.3 is 4.74 Å². The standard InChI is InChI=1S/C20H23FN2O3S/c1-22-17-10-12-23(14-15-6-8-16(21)9-7-15)13-11-18(17)26-19-4-2-3-5-20(19)27(22,24)25/h2-9,17-18H,10-14H2,1H3/t17-,18-/m0/s1. The number of rotatable bonds is 2. The third-order valence-corrected chi connectivity index (χ3v) is 7.39. The number of halogens is 1. The topological polar surface area (TPSA) is 49.9 Å². The maximum Gasteiger partial charge on any atom is 0.246 e. The minimum atomic E-state index is -3.58. The van der Waals surface area contributed by atoms with Gasteiger partial charge in [-0.3, -0.25) is 4.90 Å². The van der Waals surface area contributed by atoms with Gasteiger partial charge in [0, 0.05) is 26.7 Å². The molecule has 0 amide bonds. The fourth-order valence-corrected chi connectivity index (χ4v) is 5.46. The van der Waals surface area contributed by atoms with E-state index >= 15 is 0 Å². The number of para-hydroxylation sites is 1. The summed E-state index contributed by atoms with van der Waals surface area (Å²) in [6.45, 7) is 2.28. The molecule has 2 aliphatic rings. The summed E-state index contributed by atoms with van der Waals surface area (Å²) < 4.78 is 46.7. The number of ether oxygens (including phenoxy) is 1. The molecule has 1 saturated heterocycles. The van der Waals surface area contributed by atoms with Crippen molar-refractivity contribution in [3.05, 3.63) is 59.9 Å². The fourth-order valence-electron chi connectivity index (χ4n) is 3.93. The molecule has 2 atom stereocenters. The van der Waals surface area contributed by atoms with Crippen LogP contribution in [-0.2, 0) is 16.6 Å². The average Bonchev–Trinajstić information content (AvgIpc) is 2.89. The molecule has 7 heteroatoms. The van der Waals surface area contributed by atoms with E-state index in [9.17, 15) is 12.8 Å². The number of hydrogen-bond donors (Lipinski definition) is 0. The monoisotopic (exact) mass is 390 g/mol. The van der Waals surface area contributed by atoms with E-state index in [4.69, 9.17) is 4.74 Å². The van der Waals surface area contributed by atoms with Gasteiger partial charge in [0.2, 0.25) is 10.0 Å². The molecular weight excluding hydrogens is 367 g/mol. The molecule has 0 bridgehead atoms. The summed E-state index contributed by atoms with van der Waals surface area (Å²) in [4.78, 5) is 2.51. The van der Waals surface area contributed by atoms with Crippen molar-refractivity contribution in [3.63, 3.8) is 0 Å². The van der Waals surface area contributed by atoms with Crippen LogP contribution in [0.1, 0.15) is 18.4 Å². The molecule has 1 fully saturated rings. The van der Waals surface area contributed by atoms with Crippen LogP contribution in [-0.4, -0.2) is 49.9 Å². The Morgan fingerprint density at radius 2 is 1.78 bits per heavy atom. The van der Waals surface area contributed by atoms with Crippen LogP contribution >= 0.6 is 0 Å². The molecule has 0 N–H and O–H groups in total. The molecule has 2 aromatic carbocycles. The lowest BCUT2D eigenvalue weighted by Gasteiger charge is -2.28. The first-order valence-electron chi connectivity index (χ1n) is 9.16. The first kappa shape index (κ1) is 18.4. The third kappa shape index (κ3) is 3.59. The molecule has 2 heterocycles. The molecule has 0 radical (unpaired) electrons. The smallest absolute Gasteiger partial charge is 0.246 e. The van der Waals surface area contributed by atoms with Crippen molar-refractivity contribution >= 4 is 10.0 Å². The van der Waals surface area contributed by atoms with Crippen molar-refractivity contribution in [3.8, 4) is 5.75 Å². The lowest BCUT2D eigenvalue weighted by atomic mass is 10.1. The fraction of sp³-hybridized carbons (Fsp3) is 0.400. The van der Waals surface area contributed by atoms with Gasteiger partial charge in [-0.2, -0.15) is 4.31 Å². The third-order valence-electron chi connectivity index (χ3n) is 5.47. The highest BCUT2D eigenvalue weighted by Gasteiger charge is 2.41. The van der Waals surface area contributed by atoms with E-state index in [-0.39, 0.29) is 22.9 Å². The van der Waals surface area contributed by atoms with Crippen LogP contribution in [0.25, 0.3) is 0 Å². The Balaban J connectivity index is 1.56. The van der Waals surface area contributed by atoms with E-state index in [0.29, 0.717) is 18.7 Å². The van der Waals surface area contributed by atoms with E-state index in [2.05, 4.69) is 4.90 Å². The van der Waals surface area contributed by atoms with Crippen LogP contribution in [0.5, 0.6) is 5.75 Å². The maximum atomic E-state index is 13.1. The minimum Gasteiger partial charge on any atom is -0.487 e. The highest BCUT2D eigenvalue weighted by Crippen LogP contribution is 2.35. The Morgan fingerprint density at radius 3 is 2.56 bits per heavy atom. The molecule has 0 aromatic heterocycles. The summed E-state index contributed by atoms with van der Waals surface area (Å²) >= 11 is 0. The van der Waals surface area contributed by atoms with Crippen LogP contribution < -0.4 is 4.74 Å². The highest BCUT2D eigenvalue weighted by atomic mass is 32.2. The molecule has 2 aliphatic heterocycles. The van der Waals surface area contributed by atoms with E-state index < -0.39 is 10.0 Å². The zero-order valence-corrected chi connectivity index (χ0v) is 16.0. The summed E-state index contributed by atoms with van der Waals surface area (Å²) in [5.74, 6) is 0.194. The Morgan fingerprint density at radius 1 is 1.07 bits per heavy atom. The highest BCUT2D eigenvalue weighted by molar-refractivity contribution is 7.89. The second-order valence-electron chi connectivity index (χ2n) is 7.17. The summed E-state index contributed by atoms with van der Waals surface area (Å²) in [6, 6.07) is 13.2. The predicted molar refractivity (Wildman–Crippen MR) is 101 cm³/mol. The van der Waals surface area contributed by atoms with Crippen LogP contribution in [0.3, 0.4) is 0 Å². The van der Waals surface area contributed by atoms with Crippen molar-refractivity contribution in [2.24, 2.45) is 0 Å². The van der Waals surface area contributed by atoms with Crippen molar-refractivity contribution in [2.45, 2.75) is 36.4 Å². The molecule has 2 aromatic rings. The number of benzene rings is 2. The van der Waals surface area contributed by atoms with Gasteiger partial charge in [0.05, 0.1) is 6.04 Å². The van der Waals surface area contributed by atoms with Gasteiger partial charge in [0.1, 0.15) is 22.6 Å². The van der Waals surface area contributed by atoms with E-state index in [1.54, 1.807) is 43.4 Å². The molecule has 0 unspecified atom stereocenters. The van der Waals surface area contributed by atoms with Crippen molar-refractivity contribution < 1.29 is 17.5 Å². The molecule has 27 heavy (non-hydrogen) atoms. The predicted octanol–water partition coefficient (Wildman–Crippen LogP) is 2.87. The van der Waals surface area contributed by atoms with Gasteiger partial charge in [-0.05, 0) is 42.7 Å². The molecule has 5 nitrogen and oxygen atoms in total. The second-order valence-corrected chi connectivity index (χ2v) is 9.14. The number of sulfonamides is 1. The molecule has 0 aliphatic carbocycles. The van der Waals surface area contributed by atoms with Crippen LogP contribution in [0.15, 0.2) is 53.4 Å². The zero-order chi connectivity index (χ0) is 19.0. The van der Waals surface area contributed by atoms with Gasteiger partial charge in [0.25, 0.3) is 0 Å². The summed E-state index contributed by atoms with van der Waals surface area (Å²) in [7, 11) is -1.93. The van der Waals surface area contributed by atoms with Crippen LogP contribution in [0.2, 0.25) is 0 Å². The van der Waals surface area contributed by atoms with Gasteiger partial charge in [0.15, 0.2) is 0 Å². The lowest BCUT2D eigenvalue weighted by molar-refractivity contribution is 0.122. The summed E-state index contributed by atoms with van der Waals surface area (Å²) in [6.07, 6.45) is 1.24. The van der Waals surface area contributed by atoms with Gasteiger partial charge >= 0.3 is 0 Å². The van der Waals surface area contributed by atoms with Crippen molar-refractivity contribution in [1.29, 1.82) is 0 Å². The van der Waals surface area contributed by atoms with Gasteiger partial charge in [-0.15, -0.1) is 0 Å². The van der Waals surface area contributed by atoms with E-state index in [1.165, 1.54) is 16.4 Å². The second kappa shape index (κ2) is 7.22. The first-order chi connectivity index (χ1) is 12.9. The minimum absolute atomic E-state index is 0.188. The van der Waals surface area contributed by atoms with Crippen LogP contribution in [0, 0.1) is 5.82 Å². The van der Waals surface area contributed by atoms with E-state index in [0.717, 1.165) is 25.1 Å². The van der Waals surface area contributed by atoms with Gasteiger partial charge in [-0.25, -0.2) is 12.8 Å². The maximum absolute atomic E-state index is 13.1. The summed E-state index contributed by atoms with van der Waals surface area (Å²) in [5, 5.41) is 0. The summed E-state index contributed by atoms with van der Waals surface area (Å²) in [5.41, 5.74) is 1.05. The Labute approximate surface area is 159 Å². The SMILES string of the molecule is CN1[C@H]2CCN(Cc3ccc(F)cc3)CC[C@@H]2Oc2ccccc2S1(=O)=O. The zero-order valence-electron chi connectivity index (χ0n) is 15.2. The molecule has 0 saturated carbocycles. The van der Waals surface area contributed by atoms with Crippen molar-refractivity contribution in [2.75, 3.05) is 20.1 Å². The Hall–Kier alpha value is -1.96. The van der Waals surface area contributed by atoms with Gasteiger partial charge in [-0.1, -0.05) is 24.3 Å². The number of likely N-dealkylation sites (N-methyl/N-ethyl adjacent to an activating group) is 1. The number of fused-ring (bicyclic) bond motifs is 2. The van der Waals surface area contributed by atoms with Crippen LogP contribution in [0.4, 0.5) is 4.39 Å². The Kier molecular flexibility index (Phi) is 4.92. The first-order valence-corrected chi connectivity index (χ1v) is 10.6. The molecule has 144 valence electrons. The van der Waals surface area contributed by atoms with E-state index in [1.807, 2.05) is 0 Å². The van der Waals surface area contributed by atoms with Crippen molar-refractivity contribution in [1.82, 2.24) is 9.21 Å². The number of nitrogens with zero attached hydrogens (tertiary/aromatic N) is 2.